The Balaban J connectivity index is 0.00000288. The van der Waals surface area contributed by atoms with Gasteiger partial charge in [-0.2, -0.15) is 0 Å². The molecule has 1 unspecified atom stereocenters. The van der Waals surface area contributed by atoms with Crippen molar-refractivity contribution in [2.24, 2.45) is 0 Å². The van der Waals surface area contributed by atoms with Crippen molar-refractivity contribution in [1.82, 2.24) is 9.88 Å². The maximum absolute atomic E-state index is 5.41. The van der Waals surface area contributed by atoms with E-state index in [9.17, 15) is 0 Å². The molecule has 1 atom stereocenters. The number of hydrogen-bond acceptors (Lipinski definition) is 4. The lowest BCUT2D eigenvalue weighted by Gasteiger charge is -2.21. The molecule has 134 valence electrons. The summed E-state index contributed by atoms with van der Waals surface area (Å²) in [4.78, 5) is 6.99. The molecule has 1 heterocycles. The molecule has 0 spiro atoms. The Hall–Kier alpha value is -1.08. The number of pyridine rings is 1. The molecule has 0 amide bonds. The second-order valence-electron chi connectivity index (χ2n) is 5.96. The fourth-order valence-electron chi connectivity index (χ4n) is 2.89. The second-order valence-corrected chi connectivity index (χ2v) is 5.96. The van der Waals surface area contributed by atoms with Gasteiger partial charge in [-0.05, 0) is 51.5 Å². The topological polar surface area (TPSA) is 37.4 Å². The van der Waals surface area contributed by atoms with Gasteiger partial charge in [-0.25, -0.2) is 0 Å². The van der Waals surface area contributed by atoms with Crippen molar-refractivity contribution in [2.45, 2.75) is 39.7 Å². The molecule has 1 aromatic carbocycles. The Morgan fingerprint density at radius 2 is 2.00 bits per heavy atom. The molecule has 24 heavy (non-hydrogen) atoms. The standard InChI is InChI=1S/C19H29N3O.HI/c1-5-22(6-2)12-8-9-15(3)21-18-14-17(23-4)13-16-10-7-11-20-19(16)18;/h7,10-11,13-15,21H,5-6,8-9,12H2,1-4H3;1H. The summed E-state index contributed by atoms with van der Waals surface area (Å²) >= 11 is 0. The monoisotopic (exact) mass is 443 g/mol. The molecule has 0 saturated heterocycles. The number of aromatic nitrogens is 1. The Labute approximate surface area is 163 Å². The fraction of sp³-hybridized carbons (Fsp3) is 0.526. The van der Waals surface area contributed by atoms with Crippen molar-refractivity contribution in [3.63, 3.8) is 0 Å². The number of rotatable bonds is 9. The van der Waals surface area contributed by atoms with E-state index >= 15 is 0 Å². The van der Waals surface area contributed by atoms with E-state index in [0.29, 0.717) is 6.04 Å². The highest BCUT2D eigenvalue weighted by Gasteiger charge is 2.09. The summed E-state index contributed by atoms with van der Waals surface area (Å²) in [6.07, 6.45) is 4.18. The predicted octanol–water partition coefficient (Wildman–Crippen LogP) is 4.78. The van der Waals surface area contributed by atoms with Gasteiger partial charge in [0.05, 0.1) is 18.3 Å². The molecule has 0 fully saturated rings. The zero-order valence-electron chi connectivity index (χ0n) is 15.2. The molecule has 5 heteroatoms. The van der Waals surface area contributed by atoms with Gasteiger partial charge in [0, 0.05) is 23.7 Å². The van der Waals surface area contributed by atoms with Crippen LogP contribution in [-0.2, 0) is 0 Å². The largest absolute Gasteiger partial charge is 0.497 e. The first-order valence-corrected chi connectivity index (χ1v) is 8.59. The van der Waals surface area contributed by atoms with E-state index in [1.54, 1.807) is 7.11 Å². The van der Waals surface area contributed by atoms with Crippen LogP contribution in [0.5, 0.6) is 5.75 Å². The van der Waals surface area contributed by atoms with Gasteiger partial charge in [-0.15, -0.1) is 24.0 Å². The van der Waals surface area contributed by atoms with Crippen LogP contribution in [0.4, 0.5) is 5.69 Å². The number of ether oxygens (including phenoxy) is 1. The average molecular weight is 443 g/mol. The number of halogens is 1. The third-order valence-corrected chi connectivity index (χ3v) is 4.32. The number of anilines is 1. The van der Waals surface area contributed by atoms with E-state index in [2.05, 4.69) is 42.0 Å². The normalized spacial score (nSPS) is 12.0. The van der Waals surface area contributed by atoms with Crippen LogP contribution in [0.3, 0.4) is 0 Å². The van der Waals surface area contributed by atoms with E-state index in [-0.39, 0.29) is 24.0 Å². The molecule has 1 aromatic heterocycles. The maximum atomic E-state index is 5.41. The highest BCUT2D eigenvalue weighted by molar-refractivity contribution is 14.0. The van der Waals surface area contributed by atoms with Crippen LogP contribution >= 0.6 is 24.0 Å². The second kappa shape index (κ2) is 10.7. The van der Waals surface area contributed by atoms with Crippen molar-refractivity contribution in [3.05, 3.63) is 30.5 Å². The van der Waals surface area contributed by atoms with E-state index < -0.39 is 0 Å². The number of methoxy groups -OCH3 is 1. The van der Waals surface area contributed by atoms with Crippen LogP contribution in [0.25, 0.3) is 10.9 Å². The Kier molecular flexibility index (Phi) is 9.36. The van der Waals surface area contributed by atoms with Crippen LogP contribution in [0.15, 0.2) is 30.5 Å². The lowest BCUT2D eigenvalue weighted by atomic mass is 10.1. The highest BCUT2D eigenvalue weighted by Crippen LogP contribution is 2.28. The third-order valence-electron chi connectivity index (χ3n) is 4.32. The average Bonchev–Trinajstić information content (AvgIpc) is 2.58. The third kappa shape index (κ3) is 5.77. The molecule has 0 aliphatic carbocycles. The minimum Gasteiger partial charge on any atom is -0.497 e. The van der Waals surface area contributed by atoms with Gasteiger partial charge in [0.15, 0.2) is 0 Å². The van der Waals surface area contributed by atoms with Gasteiger partial charge >= 0.3 is 0 Å². The summed E-state index contributed by atoms with van der Waals surface area (Å²) in [5.41, 5.74) is 2.05. The van der Waals surface area contributed by atoms with E-state index in [0.717, 1.165) is 48.4 Å². The molecule has 2 aromatic rings. The molecular formula is C19H30IN3O. The Bertz CT molecular complexity index is 617. The first kappa shape index (κ1) is 21.0. The molecule has 2 rings (SSSR count). The number of hydrogen-bond donors (Lipinski definition) is 1. The summed E-state index contributed by atoms with van der Waals surface area (Å²) in [7, 11) is 1.70. The minimum absolute atomic E-state index is 0. The van der Waals surface area contributed by atoms with Crippen LogP contribution in [0.2, 0.25) is 0 Å². The first-order chi connectivity index (χ1) is 11.2. The Morgan fingerprint density at radius 1 is 1.25 bits per heavy atom. The van der Waals surface area contributed by atoms with Crippen molar-refractivity contribution >= 4 is 40.6 Å². The van der Waals surface area contributed by atoms with Crippen molar-refractivity contribution in [1.29, 1.82) is 0 Å². The minimum atomic E-state index is 0. The molecular weight excluding hydrogens is 413 g/mol. The molecule has 0 aliphatic heterocycles. The van der Waals surface area contributed by atoms with Crippen molar-refractivity contribution in [3.8, 4) is 5.75 Å². The SMILES string of the molecule is CCN(CC)CCCC(C)Nc1cc(OC)cc2cccnc12.I. The summed E-state index contributed by atoms with van der Waals surface area (Å²) in [6, 6.07) is 8.50. The number of benzene rings is 1. The van der Waals surface area contributed by atoms with Crippen LogP contribution in [0, 0.1) is 0 Å². The van der Waals surface area contributed by atoms with E-state index in [4.69, 9.17) is 4.74 Å². The maximum Gasteiger partial charge on any atom is 0.121 e. The van der Waals surface area contributed by atoms with E-state index in [1.165, 1.54) is 6.42 Å². The fourth-order valence-corrected chi connectivity index (χ4v) is 2.89. The van der Waals surface area contributed by atoms with Gasteiger partial charge < -0.3 is 15.0 Å². The summed E-state index contributed by atoms with van der Waals surface area (Å²) in [6.45, 7) is 10.1. The van der Waals surface area contributed by atoms with Crippen molar-refractivity contribution < 1.29 is 4.74 Å². The lowest BCUT2D eigenvalue weighted by Crippen LogP contribution is -2.25. The number of nitrogens with zero attached hydrogens (tertiary/aromatic N) is 2. The van der Waals surface area contributed by atoms with Crippen LogP contribution in [-0.4, -0.2) is 42.7 Å². The Morgan fingerprint density at radius 3 is 2.67 bits per heavy atom. The van der Waals surface area contributed by atoms with Gasteiger partial charge in [-0.1, -0.05) is 19.9 Å². The smallest absolute Gasteiger partial charge is 0.121 e. The van der Waals surface area contributed by atoms with E-state index in [1.807, 2.05) is 24.4 Å². The van der Waals surface area contributed by atoms with Crippen molar-refractivity contribution in [2.75, 3.05) is 32.1 Å². The molecule has 4 nitrogen and oxygen atoms in total. The highest BCUT2D eigenvalue weighted by atomic mass is 127. The van der Waals surface area contributed by atoms with Crippen LogP contribution in [0.1, 0.15) is 33.6 Å². The first-order valence-electron chi connectivity index (χ1n) is 8.59. The van der Waals surface area contributed by atoms with Crippen LogP contribution < -0.4 is 10.1 Å². The summed E-state index contributed by atoms with van der Waals surface area (Å²) in [5, 5.41) is 4.71. The molecule has 0 bridgehead atoms. The molecule has 0 aliphatic rings. The zero-order chi connectivity index (χ0) is 16.7. The summed E-state index contributed by atoms with van der Waals surface area (Å²) < 4.78 is 5.41. The molecule has 0 saturated carbocycles. The molecule has 1 N–H and O–H groups in total. The van der Waals surface area contributed by atoms with Gasteiger partial charge in [0.2, 0.25) is 0 Å². The molecule has 0 radical (unpaired) electrons. The lowest BCUT2D eigenvalue weighted by molar-refractivity contribution is 0.295. The van der Waals surface area contributed by atoms with Gasteiger partial charge in [0.1, 0.15) is 5.75 Å². The number of nitrogens with one attached hydrogen (secondary N) is 1. The summed E-state index contributed by atoms with van der Waals surface area (Å²) in [5.74, 6) is 0.864. The van der Waals surface area contributed by atoms with Gasteiger partial charge in [0.25, 0.3) is 0 Å². The predicted molar refractivity (Wildman–Crippen MR) is 114 cm³/mol. The van der Waals surface area contributed by atoms with Gasteiger partial charge in [-0.3, -0.25) is 4.98 Å². The zero-order valence-corrected chi connectivity index (χ0v) is 17.5. The quantitative estimate of drug-likeness (QED) is 0.566. The number of fused-ring (bicyclic) bond motifs is 1.